The number of rotatable bonds is 5. The van der Waals surface area contributed by atoms with Crippen LogP contribution in [-0.4, -0.2) is 30.1 Å². The van der Waals surface area contributed by atoms with E-state index in [0.29, 0.717) is 33.0 Å². The summed E-state index contributed by atoms with van der Waals surface area (Å²) in [5.41, 5.74) is 2.60. The van der Waals surface area contributed by atoms with Gasteiger partial charge in [-0.2, -0.15) is 0 Å². The Bertz CT molecular complexity index is 959. The van der Waals surface area contributed by atoms with Crippen LogP contribution in [0.15, 0.2) is 35.8 Å². The molecule has 0 spiro atoms. The first-order valence-electron chi connectivity index (χ1n) is 7.63. The molecule has 3 aromatic rings. The first kappa shape index (κ1) is 18.2. The van der Waals surface area contributed by atoms with Gasteiger partial charge in [0.2, 0.25) is 0 Å². The standard InChI is InChI=1S/C18H16ClN3O3S/c1-10-6-16(19)20-8-12(10)21-17(23)13-9-26-18(22-13)11-4-5-14(24-2)15(7-11)25-3/h4-9H,1-3H3,(H,21,23). The van der Waals surface area contributed by atoms with Crippen LogP contribution in [0.5, 0.6) is 11.5 Å². The van der Waals surface area contributed by atoms with Crippen molar-refractivity contribution in [3.8, 4) is 22.1 Å². The summed E-state index contributed by atoms with van der Waals surface area (Å²) in [5, 5.41) is 5.60. The third kappa shape index (κ3) is 3.79. The zero-order chi connectivity index (χ0) is 18.7. The first-order chi connectivity index (χ1) is 12.5. The highest BCUT2D eigenvalue weighted by Crippen LogP contribution is 2.33. The molecule has 1 amide bonds. The van der Waals surface area contributed by atoms with Crippen LogP contribution < -0.4 is 14.8 Å². The molecule has 0 aliphatic heterocycles. The third-order valence-corrected chi connectivity index (χ3v) is 4.79. The zero-order valence-corrected chi connectivity index (χ0v) is 15.9. The Labute approximate surface area is 159 Å². The van der Waals surface area contributed by atoms with Crippen LogP contribution >= 0.6 is 22.9 Å². The number of nitrogens with one attached hydrogen (secondary N) is 1. The highest BCUT2D eigenvalue weighted by molar-refractivity contribution is 7.13. The molecule has 0 fully saturated rings. The molecule has 2 aromatic heterocycles. The van der Waals surface area contributed by atoms with Crippen molar-refractivity contribution in [1.82, 2.24) is 9.97 Å². The lowest BCUT2D eigenvalue weighted by Gasteiger charge is -2.08. The van der Waals surface area contributed by atoms with E-state index >= 15 is 0 Å². The Hall–Kier alpha value is -2.64. The van der Waals surface area contributed by atoms with Gasteiger partial charge in [0.1, 0.15) is 15.9 Å². The number of thiazole rings is 1. The van der Waals surface area contributed by atoms with Gasteiger partial charge in [-0.25, -0.2) is 9.97 Å². The van der Waals surface area contributed by atoms with E-state index in [4.69, 9.17) is 21.1 Å². The van der Waals surface area contributed by atoms with E-state index in [9.17, 15) is 4.79 Å². The molecular weight excluding hydrogens is 374 g/mol. The summed E-state index contributed by atoms with van der Waals surface area (Å²) in [7, 11) is 3.15. The van der Waals surface area contributed by atoms with Crippen molar-refractivity contribution in [2.75, 3.05) is 19.5 Å². The number of aromatic nitrogens is 2. The van der Waals surface area contributed by atoms with Crippen LogP contribution in [0.4, 0.5) is 5.69 Å². The quantitative estimate of drug-likeness (QED) is 0.653. The number of aryl methyl sites for hydroxylation is 1. The number of carbonyl (C=O) groups excluding carboxylic acids is 1. The number of nitrogens with zero attached hydrogens (tertiary/aromatic N) is 2. The maximum atomic E-state index is 12.4. The van der Waals surface area contributed by atoms with E-state index in [-0.39, 0.29) is 5.91 Å². The third-order valence-electron chi connectivity index (χ3n) is 3.69. The highest BCUT2D eigenvalue weighted by Gasteiger charge is 2.15. The van der Waals surface area contributed by atoms with Crippen LogP contribution in [0.25, 0.3) is 10.6 Å². The van der Waals surface area contributed by atoms with E-state index in [1.54, 1.807) is 31.7 Å². The number of hydrogen-bond acceptors (Lipinski definition) is 6. The minimum atomic E-state index is -0.305. The Morgan fingerprint density at radius 2 is 1.96 bits per heavy atom. The lowest BCUT2D eigenvalue weighted by molar-refractivity contribution is 0.102. The molecule has 2 heterocycles. The summed E-state index contributed by atoms with van der Waals surface area (Å²) in [6, 6.07) is 7.19. The molecule has 0 bridgehead atoms. The zero-order valence-electron chi connectivity index (χ0n) is 14.4. The lowest BCUT2D eigenvalue weighted by atomic mass is 10.2. The smallest absolute Gasteiger partial charge is 0.275 e. The fourth-order valence-corrected chi connectivity index (χ4v) is 3.33. The molecule has 1 aromatic carbocycles. The summed E-state index contributed by atoms with van der Waals surface area (Å²) in [4.78, 5) is 20.8. The molecular formula is C18H16ClN3O3S. The summed E-state index contributed by atoms with van der Waals surface area (Å²) >= 11 is 7.21. The van der Waals surface area contributed by atoms with Crippen molar-refractivity contribution in [3.63, 3.8) is 0 Å². The van der Waals surface area contributed by atoms with E-state index in [0.717, 1.165) is 11.1 Å². The number of benzene rings is 1. The van der Waals surface area contributed by atoms with Crippen LogP contribution in [0, 0.1) is 6.92 Å². The summed E-state index contributed by atoms with van der Waals surface area (Å²) in [6.07, 6.45) is 1.52. The normalized spacial score (nSPS) is 10.5. The van der Waals surface area contributed by atoms with Crippen LogP contribution in [-0.2, 0) is 0 Å². The van der Waals surface area contributed by atoms with Crippen LogP contribution in [0.1, 0.15) is 16.1 Å². The van der Waals surface area contributed by atoms with Crippen molar-refractivity contribution in [2.45, 2.75) is 6.92 Å². The summed E-state index contributed by atoms with van der Waals surface area (Å²) in [5.74, 6) is 0.936. The first-order valence-corrected chi connectivity index (χ1v) is 8.89. The molecule has 0 radical (unpaired) electrons. The predicted molar refractivity (Wildman–Crippen MR) is 103 cm³/mol. The van der Waals surface area contributed by atoms with Crippen molar-refractivity contribution >= 4 is 34.5 Å². The van der Waals surface area contributed by atoms with Gasteiger partial charge in [0, 0.05) is 10.9 Å². The predicted octanol–water partition coefficient (Wildman–Crippen LogP) is 4.44. The van der Waals surface area contributed by atoms with Crippen molar-refractivity contribution in [1.29, 1.82) is 0 Å². The van der Waals surface area contributed by atoms with Crippen LogP contribution in [0.3, 0.4) is 0 Å². The number of carbonyl (C=O) groups is 1. The van der Waals surface area contributed by atoms with Gasteiger partial charge in [-0.15, -0.1) is 11.3 Å². The Balaban J connectivity index is 1.82. The number of pyridine rings is 1. The number of hydrogen-bond donors (Lipinski definition) is 1. The number of amides is 1. The number of ether oxygens (including phenoxy) is 2. The Kier molecular flexibility index (Phi) is 5.39. The second-order valence-electron chi connectivity index (χ2n) is 5.38. The van der Waals surface area contributed by atoms with Crippen molar-refractivity contribution in [3.05, 3.63) is 52.3 Å². The molecule has 134 valence electrons. The second-order valence-corrected chi connectivity index (χ2v) is 6.63. The van der Waals surface area contributed by atoms with Gasteiger partial charge in [-0.05, 0) is 36.8 Å². The molecule has 0 aliphatic rings. The molecule has 3 rings (SSSR count). The molecule has 6 nitrogen and oxygen atoms in total. The van der Waals surface area contributed by atoms with Gasteiger partial charge in [0.25, 0.3) is 5.91 Å². The topological polar surface area (TPSA) is 73.3 Å². The molecule has 0 saturated heterocycles. The number of anilines is 1. The van der Waals surface area contributed by atoms with Gasteiger partial charge in [-0.1, -0.05) is 11.6 Å². The fraction of sp³-hybridized carbons (Fsp3) is 0.167. The molecule has 8 heteroatoms. The maximum absolute atomic E-state index is 12.4. The molecule has 0 saturated carbocycles. The minimum absolute atomic E-state index is 0.305. The van der Waals surface area contributed by atoms with Crippen molar-refractivity contribution in [2.24, 2.45) is 0 Å². The Morgan fingerprint density at radius 1 is 1.19 bits per heavy atom. The van der Waals surface area contributed by atoms with E-state index in [1.807, 2.05) is 19.1 Å². The van der Waals surface area contributed by atoms with Crippen LogP contribution in [0.2, 0.25) is 5.15 Å². The molecule has 26 heavy (non-hydrogen) atoms. The Morgan fingerprint density at radius 3 is 2.65 bits per heavy atom. The van der Waals surface area contributed by atoms with E-state index in [2.05, 4.69) is 15.3 Å². The SMILES string of the molecule is COc1ccc(-c2nc(C(=O)Nc3cnc(Cl)cc3C)cs2)cc1OC. The summed E-state index contributed by atoms with van der Waals surface area (Å²) in [6.45, 7) is 1.85. The average molecular weight is 390 g/mol. The van der Waals surface area contributed by atoms with Gasteiger partial charge in [0.15, 0.2) is 11.5 Å². The van der Waals surface area contributed by atoms with Gasteiger partial charge in [0.05, 0.1) is 26.1 Å². The maximum Gasteiger partial charge on any atom is 0.275 e. The molecule has 0 aliphatic carbocycles. The average Bonchev–Trinajstić information content (AvgIpc) is 3.13. The van der Waals surface area contributed by atoms with Gasteiger partial charge < -0.3 is 14.8 Å². The van der Waals surface area contributed by atoms with E-state index in [1.165, 1.54) is 17.5 Å². The number of halogens is 1. The van der Waals surface area contributed by atoms with Gasteiger partial charge in [-0.3, -0.25) is 4.79 Å². The second kappa shape index (κ2) is 7.72. The number of methoxy groups -OCH3 is 2. The molecule has 1 N–H and O–H groups in total. The van der Waals surface area contributed by atoms with Gasteiger partial charge >= 0.3 is 0 Å². The monoisotopic (exact) mass is 389 g/mol. The van der Waals surface area contributed by atoms with Crippen molar-refractivity contribution < 1.29 is 14.3 Å². The summed E-state index contributed by atoms with van der Waals surface area (Å²) < 4.78 is 10.5. The molecule has 0 atom stereocenters. The van der Waals surface area contributed by atoms with E-state index < -0.39 is 0 Å². The minimum Gasteiger partial charge on any atom is -0.493 e. The largest absolute Gasteiger partial charge is 0.493 e. The highest BCUT2D eigenvalue weighted by atomic mass is 35.5. The fourth-order valence-electron chi connectivity index (χ4n) is 2.32. The molecule has 0 unspecified atom stereocenters. The lowest BCUT2D eigenvalue weighted by Crippen LogP contribution is -2.13.